The largest absolute Gasteiger partial charge is 0.493 e. The highest BCUT2D eigenvalue weighted by atomic mass is 16.5. The number of hydrogen-bond donors (Lipinski definition) is 2. The summed E-state index contributed by atoms with van der Waals surface area (Å²) in [5.74, 6) is -0.0802. The molecular formula is C21H17N3O3. The zero-order chi connectivity index (χ0) is 18.8. The Labute approximate surface area is 155 Å². The van der Waals surface area contributed by atoms with Crippen molar-refractivity contribution >= 4 is 33.3 Å². The molecule has 0 spiro atoms. The molecule has 0 aliphatic rings. The number of carbonyl (C=O) groups is 1. The molecule has 6 nitrogen and oxygen atoms in total. The molecule has 0 unspecified atom stereocenters. The summed E-state index contributed by atoms with van der Waals surface area (Å²) in [6, 6.07) is 20.8. The molecule has 0 saturated carbocycles. The van der Waals surface area contributed by atoms with Gasteiger partial charge in [0.25, 0.3) is 0 Å². The highest BCUT2D eigenvalue weighted by Crippen LogP contribution is 2.35. The lowest BCUT2D eigenvalue weighted by Crippen LogP contribution is -2.21. The van der Waals surface area contributed by atoms with Crippen LogP contribution >= 0.6 is 0 Å². The molecule has 27 heavy (non-hydrogen) atoms. The van der Waals surface area contributed by atoms with E-state index < -0.39 is 12.0 Å². The third-order valence-electron chi connectivity index (χ3n) is 4.29. The zero-order valence-corrected chi connectivity index (χ0v) is 14.6. The van der Waals surface area contributed by atoms with E-state index in [0.717, 1.165) is 16.3 Å². The van der Waals surface area contributed by atoms with Crippen molar-refractivity contribution in [3.05, 3.63) is 66.7 Å². The number of azo groups is 1. The van der Waals surface area contributed by atoms with Crippen LogP contribution in [0.5, 0.6) is 11.6 Å². The number of nitrogens with zero attached hydrogens (tertiary/aromatic N) is 2. The first-order valence-corrected chi connectivity index (χ1v) is 8.52. The van der Waals surface area contributed by atoms with Crippen LogP contribution in [-0.4, -0.2) is 22.1 Å². The van der Waals surface area contributed by atoms with Gasteiger partial charge >= 0.3 is 5.91 Å². The molecule has 1 heterocycles. The fraction of sp³-hybridized carbons (Fsp3) is 0.0952. The van der Waals surface area contributed by atoms with E-state index in [0.29, 0.717) is 11.1 Å². The zero-order valence-electron chi connectivity index (χ0n) is 14.6. The van der Waals surface area contributed by atoms with Crippen LogP contribution in [0.15, 0.2) is 77.0 Å². The van der Waals surface area contributed by atoms with Gasteiger partial charge in [0.1, 0.15) is 5.75 Å². The monoisotopic (exact) mass is 359 g/mol. The topological polar surface area (TPSA) is 87.0 Å². The Bertz CT molecular complexity index is 1160. The van der Waals surface area contributed by atoms with Gasteiger partial charge in [-0.15, -0.1) is 10.2 Å². The second-order valence-corrected chi connectivity index (χ2v) is 6.18. The smallest absolute Gasteiger partial charge is 0.304 e. The molecule has 4 aromatic rings. The molecular weight excluding hydrogens is 342 g/mol. The number of H-pyrrole nitrogens is 1. The standard InChI is InChI=1S/C21H17N3O3/c1-13(27-16-11-10-14-6-2-3-7-15(14)12-16)20(25)24-23-19-17-8-4-5-9-18(17)22-21(19)26/h2-13,22,26H,1H3/t13-/m1/s1. The molecule has 0 radical (unpaired) electrons. The van der Waals surface area contributed by atoms with Gasteiger partial charge in [-0.3, -0.25) is 4.79 Å². The van der Waals surface area contributed by atoms with Crippen molar-refractivity contribution in [1.82, 2.24) is 4.98 Å². The van der Waals surface area contributed by atoms with Crippen LogP contribution in [-0.2, 0) is 4.79 Å². The number of benzene rings is 3. The Morgan fingerprint density at radius 3 is 2.63 bits per heavy atom. The minimum absolute atomic E-state index is 0.129. The Morgan fingerprint density at radius 2 is 1.78 bits per heavy atom. The normalized spacial score (nSPS) is 12.6. The molecule has 1 amide bonds. The second-order valence-electron chi connectivity index (χ2n) is 6.18. The number of aromatic nitrogens is 1. The van der Waals surface area contributed by atoms with Crippen LogP contribution in [0, 0.1) is 0 Å². The van der Waals surface area contributed by atoms with Crippen LogP contribution < -0.4 is 4.74 Å². The Hall–Kier alpha value is -3.67. The van der Waals surface area contributed by atoms with Gasteiger partial charge in [0.05, 0.1) is 5.52 Å². The second kappa shape index (κ2) is 6.92. The Balaban J connectivity index is 1.51. The lowest BCUT2D eigenvalue weighted by molar-refractivity contribution is -0.124. The summed E-state index contributed by atoms with van der Waals surface area (Å²) in [6.07, 6.45) is -0.803. The maximum absolute atomic E-state index is 12.3. The van der Waals surface area contributed by atoms with E-state index in [1.165, 1.54) is 0 Å². The van der Waals surface area contributed by atoms with E-state index in [2.05, 4.69) is 15.2 Å². The molecule has 1 atom stereocenters. The maximum Gasteiger partial charge on any atom is 0.304 e. The van der Waals surface area contributed by atoms with Crippen molar-refractivity contribution in [3.63, 3.8) is 0 Å². The van der Waals surface area contributed by atoms with Gasteiger partial charge in [-0.25, -0.2) is 0 Å². The summed E-state index contributed by atoms with van der Waals surface area (Å²) in [5, 5.41) is 20.4. The number of para-hydroxylation sites is 1. The number of amides is 1. The van der Waals surface area contributed by atoms with Crippen molar-refractivity contribution in [1.29, 1.82) is 0 Å². The van der Waals surface area contributed by atoms with Crippen LogP contribution in [0.3, 0.4) is 0 Å². The van der Waals surface area contributed by atoms with Crippen LogP contribution in [0.2, 0.25) is 0 Å². The SMILES string of the molecule is C[C@@H](Oc1ccc2ccccc2c1)C(=O)N=Nc1c(O)[nH]c2ccccc12. The molecule has 6 heteroatoms. The molecule has 4 rings (SSSR count). The van der Waals surface area contributed by atoms with Crippen LogP contribution in [0.1, 0.15) is 6.92 Å². The van der Waals surface area contributed by atoms with E-state index in [4.69, 9.17) is 4.74 Å². The predicted molar refractivity (Wildman–Crippen MR) is 104 cm³/mol. The minimum atomic E-state index is -0.803. The van der Waals surface area contributed by atoms with E-state index in [9.17, 15) is 9.90 Å². The highest BCUT2D eigenvalue weighted by Gasteiger charge is 2.16. The average Bonchev–Trinajstić information content (AvgIpc) is 3.01. The van der Waals surface area contributed by atoms with Crippen molar-refractivity contribution in [3.8, 4) is 11.6 Å². The number of ether oxygens (including phenoxy) is 1. The molecule has 0 aliphatic heterocycles. The third-order valence-corrected chi connectivity index (χ3v) is 4.29. The fourth-order valence-electron chi connectivity index (χ4n) is 2.89. The summed E-state index contributed by atoms with van der Waals surface area (Å²) in [7, 11) is 0. The first kappa shape index (κ1) is 16.8. The molecule has 3 aromatic carbocycles. The predicted octanol–water partition coefficient (Wildman–Crippen LogP) is 5.10. The van der Waals surface area contributed by atoms with Gasteiger partial charge in [0.2, 0.25) is 5.88 Å². The van der Waals surface area contributed by atoms with Gasteiger partial charge in [0.15, 0.2) is 11.8 Å². The molecule has 134 valence electrons. The van der Waals surface area contributed by atoms with Gasteiger partial charge in [-0.05, 0) is 35.9 Å². The number of fused-ring (bicyclic) bond motifs is 2. The van der Waals surface area contributed by atoms with E-state index >= 15 is 0 Å². The molecule has 0 fully saturated rings. The highest BCUT2D eigenvalue weighted by molar-refractivity contribution is 5.94. The summed E-state index contributed by atoms with van der Waals surface area (Å²) >= 11 is 0. The summed E-state index contributed by atoms with van der Waals surface area (Å²) < 4.78 is 5.70. The van der Waals surface area contributed by atoms with Crippen LogP contribution in [0.25, 0.3) is 21.7 Å². The maximum atomic E-state index is 12.3. The van der Waals surface area contributed by atoms with Gasteiger partial charge < -0.3 is 14.8 Å². The molecule has 0 bridgehead atoms. The van der Waals surface area contributed by atoms with E-state index in [-0.39, 0.29) is 11.6 Å². The fourth-order valence-corrected chi connectivity index (χ4v) is 2.89. The molecule has 1 aromatic heterocycles. The summed E-state index contributed by atoms with van der Waals surface area (Å²) in [5.41, 5.74) is 0.953. The minimum Gasteiger partial charge on any atom is -0.493 e. The molecule has 2 N–H and O–H groups in total. The van der Waals surface area contributed by atoms with Gasteiger partial charge in [-0.1, -0.05) is 48.5 Å². The number of carbonyl (C=O) groups excluding carboxylic acids is 1. The number of rotatable bonds is 4. The quantitative estimate of drug-likeness (QED) is 0.497. The van der Waals surface area contributed by atoms with Crippen molar-refractivity contribution in [2.24, 2.45) is 10.2 Å². The van der Waals surface area contributed by atoms with Crippen molar-refractivity contribution < 1.29 is 14.6 Å². The number of aromatic hydroxyl groups is 1. The summed E-state index contributed by atoms with van der Waals surface area (Å²) in [6.45, 7) is 1.62. The first-order valence-electron chi connectivity index (χ1n) is 8.52. The van der Waals surface area contributed by atoms with Crippen LogP contribution in [0.4, 0.5) is 5.69 Å². The van der Waals surface area contributed by atoms with E-state index in [1.54, 1.807) is 19.1 Å². The molecule has 0 saturated heterocycles. The van der Waals surface area contributed by atoms with Gasteiger partial charge in [-0.2, -0.15) is 0 Å². The van der Waals surface area contributed by atoms with Gasteiger partial charge in [0, 0.05) is 5.39 Å². The number of aromatic amines is 1. The number of nitrogens with one attached hydrogen (secondary N) is 1. The number of hydrogen-bond acceptors (Lipinski definition) is 4. The lowest BCUT2D eigenvalue weighted by atomic mass is 10.1. The average molecular weight is 359 g/mol. The Morgan fingerprint density at radius 1 is 1.04 bits per heavy atom. The van der Waals surface area contributed by atoms with E-state index in [1.807, 2.05) is 54.6 Å². The third kappa shape index (κ3) is 3.37. The summed E-state index contributed by atoms with van der Waals surface area (Å²) in [4.78, 5) is 15.1. The van der Waals surface area contributed by atoms with Crippen molar-refractivity contribution in [2.45, 2.75) is 13.0 Å². The Kier molecular flexibility index (Phi) is 4.30. The lowest BCUT2D eigenvalue weighted by Gasteiger charge is -2.11. The first-order chi connectivity index (χ1) is 13.1. The van der Waals surface area contributed by atoms with Crippen molar-refractivity contribution in [2.75, 3.05) is 0 Å². The molecule has 0 aliphatic carbocycles.